The van der Waals surface area contributed by atoms with Crippen LogP contribution in [0, 0.1) is 31.0 Å². The summed E-state index contributed by atoms with van der Waals surface area (Å²) in [6.45, 7) is 3.79. The number of halogens is 1. The lowest BCUT2D eigenvalue weighted by molar-refractivity contribution is -0.112. The molecule has 3 rings (SSSR count). The molecule has 0 spiro atoms. The van der Waals surface area contributed by atoms with Crippen molar-refractivity contribution >= 4 is 17.8 Å². The van der Waals surface area contributed by atoms with E-state index in [1.807, 2.05) is 44.2 Å². The predicted octanol–water partition coefficient (Wildman–Crippen LogP) is 4.18. The maximum atomic E-state index is 13.9. The maximum absolute atomic E-state index is 13.9. The standard InChI is InChI=1S/C22H19FN4O2/c1-14-4-7-18(8-5-14)27-21(10-15(2)26-27)25-22(28)17(13-24)11-16-6-9-20(29-3)19(23)12-16/h4-12H,1-3H3,(H,25,28)/b17-11+. The lowest BCUT2D eigenvalue weighted by atomic mass is 10.1. The van der Waals surface area contributed by atoms with Gasteiger partial charge in [0.25, 0.3) is 5.91 Å². The Bertz CT molecular complexity index is 1120. The summed E-state index contributed by atoms with van der Waals surface area (Å²) in [6.07, 6.45) is 1.32. The van der Waals surface area contributed by atoms with E-state index in [-0.39, 0.29) is 11.3 Å². The van der Waals surface area contributed by atoms with Gasteiger partial charge in [-0.05, 0) is 49.8 Å². The van der Waals surface area contributed by atoms with Crippen LogP contribution in [-0.2, 0) is 4.79 Å². The first-order valence-electron chi connectivity index (χ1n) is 8.81. The van der Waals surface area contributed by atoms with Gasteiger partial charge in [-0.25, -0.2) is 9.07 Å². The van der Waals surface area contributed by atoms with Crippen molar-refractivity contribution in [3.8, 4) is 17.5 Å². The molecule has 0 bridgehead atoms. The first-order valence-corrected chi connectivity index (χ1v) is 8.81. The van der Waals surface area contributed by atoms with Crippen LogP contribution in [0.5, 0.6) is 5.75 Å². The number of methoxy groups -OCH3 is 1. The zero-order chi connectivity index (χ0) is 21.0. The third kappa shape index (κ3) is 4.50. The fourth-order valence-electron chi connectivity index (χ4n) is 2.74. The molecule has 0 aliphatic rings. The van der Waals surface area contributed by atoms with E-state index >= 15 is 0 Å². The molecule has 1 N–H and O–H groups in total. The van der Waals surface area contributed by atoms with Gasteiger partial charge in [-0.15, -0.1) is 0 Å². The Labute approximate surface area is 167 Å². The summed E-state index contributed by atoms with van der Waals surface area (Å²) in [5.74, 6) is -0.676. The number of carbonyl (C=O) groups excluding carboxylic acids is 1. The van der Waals surface area contributed by atoms with Gasteiger partial charge >= 0.3 is 0 Å². The second-order valence-corrected chi connectivity index (χ2v) is 6.44. The van der Waals surface area contributed by atoms with Gasteiger partial charge in [-0.2, -0.15) is 10.4 Å². The molecular formula is C22H19FN4O2. The summed E-state index contributed by atoms with van der Waals surface area (Å²) in [6, 6.07) is 15.4. The molecule has 0 radical (unpaired) electrons. The molecule has 0 saturated heterocycles. The van der Waals surface area contributed by atoms with E-state index in [0.717, 1.165) is 11.3 Å². The van der Waals surface area contributed by atoms with Crippen LogP contribution < -0.4 is 10.1 Å². The average Bonchev–Trinajstić information content (AvgIpc) is 3.06. The fraction of sp³-hybridized carbons (Fsp3) is 0.136. The third-order valence-electron chi connectivity index (χ3n) is 4.20. The number of nitrogens with one attached hydrogen (secondary N) is 1. The van der Waals surface area contributed by atoms with Gasteiger partial charge in [-0.1, -0.05) is 23.8 Å². The van der Waals surface area contributed by atoms with Crippen LogP contribution in [0.25, 0.3) is 11.8 Å². The van der Waals surface area contributed by atoms with Crippen molar-refractivity contribution in [3.63, 3.8) is 0 Å². The maximum Gasteiger partial charge on any atom is 0.267 e. The Hall–Kier alpha value is -3.92. The zero-order valence-corrected chi connectivity index (χ0v) is 16.2. The van der Waals surface area contributed by atoms with Gasteiger partial charge in [0, 0.05) is 6.07 Å². The summed E-state index contributed by atoms with van der Waals surface area (Å²) in [4.78, 5) is 12.6. The van der Waals surface area contributed by atoms with Crippen LogP contribution in [0.15, 0.2) is 54.1 Å². The molecule has 0 aliphatic heterocycles. The summed E-state index contributed by atoms with van der Waals surface area (Å²) < 4.78 is 20.3. The molecule has 6 nitrogen and oxygen atoms in total. The summed E-state index contributed by atoms with van der Waals surface area (Å²) >= 11 is 0. The number of hydrogen-bond acceptors (Lipinski definition) is 4. The molecule has 0 aliphatic carbocycles. The molecule has 1 heterocycles. The molecule has 3 aromatic rings. The molecule has 1 aromatic heterocycles. The molecule has 146 valence electrons. The highest BCUT2D eigenvalue weighted by Crippen LogP contribution is 2.21. The normalized spacial score (nSPS) is 11.1. The van der Waals surface area contributed by atoms with Crippen molar-refractivity contribution in [2.75, 3.05) is 12.4 Å². The smallest absolute Gasteiger partial charge is 0.267 e. The second kappa shape index (κ2) is 8.40. The lowest BCUT2D eigenvalue weighted by Gasteiger charge is -2.09. The van der Waals surface area contributed by atoms with Crippen LogP contribution >= 0.6 is 0 Å². The highest BCUT2D eigenvalue weighted by Gasteiger charge is 2.15. The number of benzene rings is 2. The lowest BCUT2D eigenvalue weighted by Crippen LogP contribution is -2.16. The molecular weight excluding hydrogens is 371 g/mol. The zero-order valence-electron chi connectivity index (χ0n) is 16.2. The van der Waals surface area contributed by atoms with E-state index in [0.29, 0.717) is 17.1 Å². The van der Waals surface area contributed by atoms with Crippen LogP contribution in [-0.4, -0.2) is 22.8 Å². The van der Waals surface area contributed by atoms with E-state index in [4.69, 9.17) is 4.74 Å². The minimum absolute atomic E-state index is 0.0857. The topological polar surface area (TPSA) is 79.9 Å². The van der Waals surface area contributed by atoms with E-state index < -0.39 is 11.7 Å². The first-order chi connectivity index (χ1) is 13.9. The highest BCUT2D eigenvalue weighted by molar-refractivity contribution is 6.09. The van der Waals surface area contributed by atoms with Gasteiger partial charge in [0.15, 0.2) is 11.6 Å². The van der Waals surface area contributed by atoms with E-state index in [2.05, 4.69) is 10.4 Å². The Morgan fingerprint density at radius 3 is 2.55 bits per heavy atom. The van der Waals surface area contributed by atoms with Crippen LogP contribution in [0.4, 0.5) is 10.2 Å². The summed E-state index contributed by atoms with van der Waals surface area (Å²) in [7, 11) is 1.36. The number of anilines is 1. The number of hydrogen-bond donors (Lipinski definition) is 1. The second-order valence-electron chi connectivity index (χ2n) is 6.44. The van der Waals surface area contributed by atoms with Crippen molar-refractivity contribution in [1.82, 2.24) is 9.78 Å². The van der Waals surface area contributed by atoms with Gasteiger partial charge in [0.05, 0.1) is 18.5 Å². The number of amides is 1. The number of rotatable bonds is 5. The number of nitriles is 1. The van der Waals surface area contributed by atoms with Crippen LogP contribution in [0.1, 0.15) is 16.8 Å². The first kappa shape index (κ1) is 19.8. The van der Waals surface area contributed by atoms with Gasteiger partial charge in [-0.3, -0.25) is 4.79 Å². The molecule has 2 aromatic carbocycles. The average molecular weight is 390 g/mol. The Morgan fingerprint density at radius 1 is 1.21 bits per heavy atom. The third-order valence-corrected chi connectivity index (χ3v) is 4.20. The highest BCUT2D eigenvalue weighted by atomic mass is 19.1. The molecule has 0 unspecified atom stereocenters. The fourth-order valence-corrected chi connectivity index (χ4v) is 2.74. The van der Waals surface area contributed by atoms with E-state index in [9.17, 15) is 14.4 Å². The molecule has 7 heteroatoms. The minimum atomic E-state index is -0.614. The van der Waals surface area contributed by atoms with Crippen molar-refractivity contribution in [1.29, 1.82) is 5.26 Å². The molecule has 29 heavy (non-hydrogen) atoms. The number of aryl methyl sites for hydroxylation is 2. The summed E-state index contributed by atoms with van der Waals surface area (Å²) in [5.41, 5.74) is 2.80. The van der Waals surface area contributed by atoms with Crippen molar-refractivity contribution in [2.45, 2.75) is 13.8 Å². The van der Waals surface area contributed by atoms with Crippen molar-refractivity contribution in [2.24, 2.45) is 0 Å². The quantitative estimate of drug-likeness (QED) is 0.523. The van der Waals surface area contributed by atoms with Crippen LogP contribution in [0.3, 0.4) is 0 Å². The van der Waals surface area contributed by atoms with Gasteiger partial charge < -0.3 is 10.1 Å². The molecule has 0 saturated carbocycles. The monoisotopic (exact) mass is 390 g/mol. The van der Waals surface area contributed by atoms with Gasteiger partial charge in [0.2, 0.25) is 0 Å². The summed E-state index contributed by atoms with van der Waals surface area (Å²) in [5, 5.41) is 16.5. The number of ether oxygens (including phenoxy) is 1. The van der Waals surface area contributed by atoms with Crippen molar-refractivity contribution < 1.29 is 13.9 Å². The molecule has 1 amide bonds. The van der Waals surface area contributed by atoms with Crippen LogP contribution in [0.2, 0.25) is 0 Å². The SMILES string of the molecule is COc1ccc(/C=C(\C#N)C(=O)Nc2cc(C)nn2-c2ccc(C)cc2)cc1F. The molecule has 0 atom stereocenters. The molecule has 0 fully saturated rings. The number of aromatic nitrogens is 2. The Kier molecular flexibility index (Phi) is 5.74. The van der Waals surface area contributed by atoms with Gasteiger partial charge in [0.1, 0.15) is 17.5 Å². The Morgan fingerprint density at radius 2 is 1.93 bits per heavy atom. The largest absolute Gasteiger partial charge is 0.494 e. The predicted molar refractivity (Wildman–Crippen MR) is 108 cm³/mol. The van der Waals surface area contributed by atoms with E-state index in [1.54, 1.807) is 16.8 Å². The minimum Gasteiger partial charge on any atom is -0.494 e. The Balaban J connectivity index is 1.88. The van der Waals surface area contributed by atoms with Crippen molar-refractivity contribution in [3.05, 3.63) is 76.7 Å². The number of carbonyl (C=O) groups is 1. The number of nitrogens with zero attached hydrogens (tertiary/aromatic N) is 3. The van der Waals surface area contributed by atoms with E-state index in [1.165, 1.54) is 25.3 Å².